The van der Waals surface area contributed by atoms with Gasteiger partial charge in [0.2, 0.25) is 5.91 Å². The van der Waals surface area contributed by atoms with Gasteiger partial charge in [-0.3, -0.25) is 9.69 Å². The summed E-state index contributed by atoms with van der Waals surface area (Å²) in [6, 6.07) is 8.08. The lowest BCUT2D eigenvalue weighted by atomic mass is 9.33. The largest absolute Gasteiger partial charge is 0.478 e. The lowest BCUT2D eigenvalue weighted by molar-refractivity contribution is -0.219. The van der Waals surface area contributed by atoms with Gasteiger partial charge < -0.3 is 10.4 Å². The number of piperidine rings is 1. The maximum atomic E-state index is 13.8. The zero-order valence-corrected chi connectivity index (χ0v) is 30.7. The van der Waals surface area contributed by atoms with Crippen LogP contribution in [0.1, 0.15) is 135 Å². The Kier molecular flexibility index (Phi) is 8.41. The van der Waals surface area contributed by atoms with Crippen LogP contribution < -0.4 is 5.32 Å². The van der Waals surface area contributed by atoms with E-state index in [1.165, 1.54) is 62.5 Å². The van der Waals surface area contributed by atoms with Crippen molar-refractivity contribution < 1.29 is 14.7 Å². The zero-order chi connectivity index (χ0) is 34.3. The number of amides is 1. The summed E-state index contributed by atoms with van der Waals surface area (Å²) in [4.78, 5) is 27.8. The van der Waals surface area contributed by atoms with Crippen molar-refractivity contribution in [2.45, 2.75) is 130 Å². The van der Waals surface area contributed by atoms with Gasteiger partial charge in [0.15, 0.2) is 0 Å². The van der Waals surface area contributed by atoms with Crippen molar-refractivity contribution in [3.8, 4) is 0 Å². The molecule has 1 saturated heterocycles. The van der Waals surface area contributed by atoms with Crippen molar-refractivity contribution in [2.24, 2.45) is 51.2 Å². The van der Waals surface area contributed by atoms with Crippen molar-refractivity contribution in [1.29, 1.82) is 0 Å². The first-order valence-electron chi connectivity index (χ1n) is 19.4. The molecule has 5 heteroatoms. The second-order valence-corrected chi connectivity index (χ2v) is 18.6. The van der Waals surface area contributed by atoms with E-state index in [-0.39, 0.29) is 33.1 Å². The number of hydrogen-bond donors (Lipinski definition) is 2. The minimum absolute atomic E-state index is 0.00800. The molecule has 1 aromatic rings. The predicted molar refractivity (Wildman–Crippen MR) is 194 cm³/mol. The van der Waals surface area contributed by atoms with Crippen molar-refractivity contribution in [3.05, 3.63) is 54.1 Å². The highest BCUT2D eigenvalue weighted by molar-refractivity contribution is 5.88. The molecule has 0 bridgehead atoms. The summed E-state index contributed by atoms with van der Waals surface area (Å²) in [5.41, 5.74) is 3.53. The smallest absolute Gasteiger partial charge is 0.335 e. The first-order chi connectivity index (χ1) is 22.7. The minimum atomic E-state index is -0.867. The molecule has 7 rings (SSSR count). The van der Waals surface area contributed by atoms with Crippen LogP contribution in [0.25, 0.3) is 5.57 Å². The number of carboxylic acid groups (broad SMARTS) is 1. The second kappa shape index (κ2) is 11.8. The number of benzene rings is 1. The molecular weight excluding hydrogens is 592 g/mol. The first-order valence-corrected chi connectivity index (χ1v) is 19.4. The van der Waals surface area contributed by atoms with Gasteiger partial charge in [0, 0.05) is 11.6 Å². The Hall–Kier alpha value is -2.40. The summed E-state index contributed by atoms with van der Waals surface area (Å²) in [6.45, 7) is 21.2. The molecule has 5 aliphatic carbocycles. The molecule has 2 N–H and O–H groups in total. The Bertz CT molecular complexity index is 1480. The fraction of sp³-hybridized carbons (Fsp3) is 0.721. The number of rotatable bonds is 6. The number of nitrogens with zero attached hydrogens (tertiary/aromatic N) is 1. The van der Waals surface area contributed by atoms with Crippen molar-refractivity contribution in [2.75, 3.05) is 13.1 Å². The molecule has 0 spiro atoms. The van der Waals surface area contributed by atoms with Gasteiger partial charge in [0.25, 0.3) is 0 Å². The fourth-order valence-electron chi connectivity index (χ4n) is 13.9. The van der Waals surface area contributed by atoms with Crippen LogP contribution in [0, 0.1) is 51.2 Å². The van der Waals surface area contributed by atoms with Crippen LogP contribution in [0.2, 0.25) is 0 Å². The van der Waals surface area contributed by atoms with E-state index < -0.39 is 5.97 Å². The number of fused-ring (bicyclic) bond motifs is 7. The van der Waals surface area contributed by atoms with Crippen LogP contribution in [0.4, 0.5) is 0 Å². The lowest BCUT2D eigenvalue weighted by Gasteiger charge is -2.72. The third-order valence-corrected chi connectivity index (χ3v) is 16.5. The Morgan fingerprint density at radius 3 is 2.35 bits per heavy atom. The maximum Gasteiger partial charge on any atom is 0.335 e. The summed E-state index contributed by atoms with van der Waals surface area (Å²) < 4.78 is 0. The molecular formula is C43H62N2O3. The second-order valence-electron chi connectivity index (χ2n) is 18.6. The van der Waals surface area contributed by atoms with E-state index in [1.54, 1.807) is 12.1 Å². The van der Waals surface area contributed by atoms with Gasteiger partial charge in [-0.15, -0.1) is 6.58 Å². The number of hydrogen-bond acceptors (Lipinski definition) is 3. The van der Waals surface area contributed by atoms with Gasteiger partial charge in [-0.05, 0) is 159 Å². The van der Waals surface area contributed by atoms with Crippen LogP contribution in [-0.4, -0.2) is 46.6 Å². The number of carboxylic acids is 1. The number of carbonyl (C=O) groups excluding carboxylic acids is 1. The number of likely N-dealkylation sites (tertiary alicyclic amines) is 1. The molecule has 0 radical (unpaired) electrons. The number of nitrogens with one attached hydrogen (secondary N) is 1. The molecule has 5 fully saturated rings. The van der Waals surface area contributed by atoms with Crippen LogP contribution in [-0.2, 0) is 4.79 Å². The van der Waals surface area contributed by atoms with Gasteiger partial charge in [-0.1, -0.05) is 65.3 Å². The van der Waals surface area contributed by atoms with Crippen LogP contribution >= 0.6 is 0 Å². The van der Waals surface area contributed by atoms with Gasteiger partial charge in [0.1, 0.15) is 0 Å². The Morgan fingerprint density at radius 1 is 0.917 bits per heavy atom. The summed E-state index contributed by atoms with van der Waals surface area (Å²) in [7, 11) is 0. The van der Waals surface area contributed by atoms with E-state index in [4.69, 9.17) is 0 Å². The van der Waals surface area contributed by atoms with Crippen LogP contribution in [0.3, 0.4) is 0 Å². The number of carbonyl (C=O) groups is 2. The molecule has 6 aliphatic rings. The van der Waals surface area contributed by atoms with Crippen molar-refractivity contribution in [1.82, 2.24) is 10.2 Å². The first kappa shape index (κ1) is 34.1. The van der Waals surface area contributed by atoms with E-state index in [0.717, 1.165) is 32.2 Å². The number of allylic oxidation sites excluding steroid dienone is 3. The van der Waals surface area contributed by atoms with Gasteiger partial charge in [-0.2, -0.15) is 0 Å². The molecule has 10 atom stereocenters. The van der Waals surface area contributed by atoms with Crippen LogP contribution in [0.15, 0.2) is 43.0 Å². The fourth-order valence-corrected chi connectivity index (χ4v) is 13.9. The summed E-state index contributed by atoms with van der Waals surface area (Å²) in [5, 5.41) is 13.3. The molecule has 0 aromatic heterocycles. The summed E-state index contributed by atoms with van der Waals surface area (Å²) in [6.07, 6.45) is 19.1. The molecule has 4 saturated carbocycles. The Morgan fingerprint density at radius 2 is 1.67 bits per heavy atom. The van der Waals surface area contributed by atoms with Gasteiger partial charge >= 0.3 is 5.97 Å². The van der Waals surface area contributed by atoms with Crippen molar-refractivity contribution in [3.63, 3.8) is 0 Å². The molecule has 1 aromatic carbocycles. The van der Waals surface area contributed by atoms with Gasteiger partial charge in [-0.25, -0.2) is 4.79 Å². The highest BCUT2D eigenvalue weighted by Gasteiger charge is 2.70. The standard InChI is InChI=1S/C43H62N2O3/c1-8-29-18-23-43(44-36(46)27-45-26-10-9-11-28(45)2)25-24-41(6)33(37(29)43)16-17-35-40(5)21-19-32(30-12-14-31(15-13-30)38(47)48)39(3,4)34(40)20-22-42(35,41)7/h8,12-15,19,28-29,33-35,37H,1,9-11,16-18,20-27H2,2-7H3,(H,44,46)(H,47,48)/t28?,29-,33-,34?,35?,37?,40+,41-,42-,43+/m1/s1. The monoisotopic (exact) mass is 654 g/mol. The molecule has 1 heterocycles. The predicted octanol–water partition coefficient (Wildman–Crippen LogP) is 9.39. The lowest BCUT2D eigenvalue weighted by Crippen LogP contribution is -2.68. The van der Waals surface area contributed by atoms with Crippen molar-refractivity contribution >= 4 is 17.4 Å². The zero-order valence-electron chi connectivity index (χ0n) is 30.7. The average Bonchev–Trinajstić information content (AvgIpc) is 3.40. The molecule has 1 amide bonds. The van der Waals surface area contributed by atoms with E-state index >= 15 is 0 Å². The van der Waals surface area contributed by atoms with E-state index in [1.807, 2.05) is 12.1 Å². The van der Waals surface area contributed by atoms with E-state index in [9.17, 15) is 14.7 Å². The number of aromatic carboxylic acids is 1. The summed E-state index contributed by atoms with van der Waals surface area (Å²) >= 11 is 0. The SMILES string of the molecule is C=C[C@@H]1CC[C@]2(NC(=O)CN3CCCCC3C)CC[C@]3(C)[C@H](CCC4[C@@]5(C)CC=C(c6ccc(C(=O)O)cc6)C(C)(C)C5CC[C@]43C)C12. The Labute approximate surface area is 290 Å². The molecule has 262 valence electrons. The Balaban J connectivity index is 1.16. The van der Waals surface area contributed by atoms with E-state index in [0.29, 0.717) is 47.7 Å². The topological polar surface area (TPSA) is 69.6 Å². The normalized spacial score (nSPS) is 43.5. The highest BCUT2D eigenvalue weighted by Crippen LogP contribution is 2.76. The maximum absolute atomic E-state index is 13.8. The van der Waals surface area contributed by atoms with Gasteiger partial charge in [0.05, 0.1) is 12.1 Å². The highest BCUT2D eigenvalue weighted by atomic mass is 16.4. The third kappa shape index (κ3) is 4.94. The van der Waals surface area contributed by atoms with Crippen LogP contribution in [0.5, 0.6) is 0 Å². The summed E-state index contributed by atoms with van der Waals surface area (Å²) in [5.74, 6) is 2.16. The minimum Gasteiger partial charge on any atom is -0.478 e. The molecule has 5 nitrogen and oxygen atoms in total. The quantitative estimate of drug-likeness (QED) is 0.300. The molecule has 48 heavy (non-hydrogen) atoms. The third-order valence-electron chi connectivity index (χ3n) is 16.5. The molecule has 4 unspecified atom stereocenters. The average molecular weight is 655 g/mol. The molecule has 1 aliphatic heterocycles. The van der Waals surface area contributed by atoms with E-state index in [2.05, 4.69) is 70.5 Å².